The van der Waals surface area contributed by atoms with Crippen LogP contribution in [0.15, 0.2) is 23.3 Å². The Hall–Kier alpha value is -0.540. The Morgan fingerprint density at radius 1 is 1.62 bits per heavy atom. The predicted molar refractivity (Wildman–Crippen MR) is 37.7 cm³/mol. The molecule has 0 radical (unpaired) electrons. The minimum absolute atomic E-state index is 0.673. The molecule has 3 heteroatoms. The van der Waals surface area contributed by atoms with Crippen molar-refractivity contribution in [1.82, 2.24) is 0 Å². The zero-order valence-corrected chi connectivity index (χ0v) is 5.06. The molecule has 1 atom stereocenters. The van der Waals surface area contributed by atoms with Crippen LogP contribution in [0.1, 0.15) is 0 Å². The average Bonchev–Trinajstić information content (AvgIpc) is 1.77. The first kappa shape index (κ1) is 5.59. The summed E-state index contributed by atoms with van der Waals surface area (Å²) < 4.78 is 8.81. The van der Waals surface area contributed by atoms with Gasteiger partial charge in [-0.15, -0.1) is 0 Å². The summed E-state index contributed by atoms with van der Waals surface area (Å²) in [5, 5.41) is 3.32. The van der Waals surface area contributed by atoms with E-state index >= 15 is 0 Å². The second-order valence-corrected chi connectivity index (χ2v) is 2.69. The van der Waals surface area contributed by atoms with Crippen molar-refractivity contribution in [1.29, 1.82) is 0 Å². The number of hydrogen-bond acceptors (Lipinski definition) is 2. The van der Waals surface area contributed by atoms with E-state index in [1.807, 2.05) is 0 Å². The van der Waals surface area contributed by atoms with E-state index in [4.69, 9.17) is 10.3 Å². The fraction of sp³-hybridized carbons (Fsp3) is 0. The van der Waals surface area contributed by atoms with E-state index < -0.39 is 10.8 Å². The molecule has 3 N–H and O–H groups in total. The van der Waals surface area contributed by atoms with Crippen LogP contribution >= 0.6 is 10.8 Å². The molecule has 1 heterocycles. The Morgan fingerprint density at radius 3 is 2.75 bits per heavy atom. The lowest BCUT2D eigenvalue weighted by Crippen LogP contribution is -1.94. The molecule has 0 saturated heterocycles. The molecule has 0 bridgehead atoms. The molecule has 0 fully saturated rings. The van der Waals surface area contributed by atoms with Crippen molar-refractivity contribution in [2.45, 2.75) is 0 Å². The standard InChI is InChI=1S/C5H7NOS/c6-5-1-3-8(7)4-2-5/h1-4,7H,6H2. The summed E-state index contributed by atoms with van der Waals surface area (Å²) in [5.74, 6) is 0. The highest BCUT2D eigenvalue weighted by atomic mass is 32.2. The van der Waals surface area contributed by atoms with Gasteiger partial charge in [0.1, 0.15) is 0 Å². The van der Waals surface area contributed by atoms with Crippen LogP contribution in [0.3, 0.4) is 0 Å². The quantitative estimate of drug-likeness (QED) is 0.477. The van der Waals surface area contributed by atoms with E-state index in [0.29, 0.717) is 5.70 Å². The van der Waals surface area contributed by atoms with E-state index in [-0.39, 0.29) is 0 Å². The van der Waals surface area contributed by atoms with Gasteiger partial charge in [-0.05, 0) is 33.7 Å². The molecule has 1 aliphatic heterocycles. The number of nitrogens with two attached hydrogens (primary N) is 1. The molecule has 0 aromatic rings. The molecule has 2 nitrogen and oxygen atoms in total. The van der Waals surface area contributed by atoms with Crippen LogP contribution in [0, 0.1) is 0 Å². The van der Waals surface area contributed by atoms with Gasteiger partial charge < -0.3 is 10.3 Å². The minimum atomic E-state index is -0.673. The summed E-state index contributed by atoms with van der Waals surface area (Å²) in [7, 11) is -0.673. The number of rotatable bonds is 0. The van der Waals surface area contributed by atoms with Crippen LogP contribution < -0.4 is 5.73 Å². The van der Waals surface area contributed by atoms with Crippen LogP contribution in [-0.4, -0.2) is 9.92 Å². The second kappa shape index (κ2) is 2.15. The summed E-state index contributed by atoms with van der Waals surface area (Å²) >= 11 is 0. The van der Waals surface area contributed by atoms with Crippen LogP contribution in [0.25, 0.3) is 0 Å². The van der Waals surface area contributed by atoms with Crippen LogP contribution in [0.5, 0.6) is 0 Å². The van der Waals surface area contributed by atoms with Crippen molar-refractivity contribution < 1.29 is 4.55 Å². The van der Waals surface area contributed by atoms with Crippen molar-refractivity contribution in [2.75, 3.05) is 0 Å². The van der Waals surface area contributed by atoms with E-state index in [9.17, 15) is 0 Å². The Kier molecular flexibility index (Phi) is 1.50. The summed E-state index contributed by atoms with van der Waals surface area (Å²) in [6.45, 7) is 0. The van der Waals surface area contributed by atoms with Gasteiger partial charge in [0.25, 0.3) is 0 Å². The molecule has 8 heavy (non-hydrogen) atoms. The lowest BCUT2D eigenvalue weighted by molar-refractivity contribution is 0.668. The van der Waals surface area contributed by atoms with Crippen LogP contribution in [0.2, 0.25) is 0 Å². The third-order valence-electron chi connectivity index (χ3n) is 0.800. The fourth-order valence-electron chi connectivity index (χ4n) is 0.397. The van der Waals surface area contributed by atoms with Crippen molar-refractivity contribution in [3.63, 3.8) is 0 Å². The molecule has 0 aromatic heterocycles. The van der Waals surface area contributed by atoms with E-state index in [0.717, 1.165) is 0 Å². The maximum Gasteiger partial charge on any atom is 0.0325 e. The second-order valence-electron chi connectivity index (χ2n) is 1.45. The summed E-state index contributed by atoms with van der Waals surface area (Å²) in [4.78, 5) is 0. The molecule has 1 aliphatic rings. The smallest absolute Gasteiger partial charge is 0.0325 e. The fourth-order valence-corrected chi connectivity index (χ4v) is 1.08. The highest BCUT2D eigenvalue weighted by molar-refractivity contribution is 8.12. The van der Waals surface area contributed by atoms with Crippen molar-refractivity contribution in [3.8, 4) is 0 Å². The molecule has 0 amide bonds. The monoisotopic (exact) mass is 129 g/mol. The predicted octanol–water partition coefficient (Wildman–Crippen LogP) is 0.900. The third kappa shape index (κ3) is 1.21. The Bertz CT molecular complexity index is 161. The first-order valence-electron chi connectivity index (χ1n) is 2.19. The van der Waals surface area contributed by atoms with Gasteiger partial charge in [-0.2, -0.15) is 0 Å². The topological polar surface area (TPSA) is 46.2 Å². The Morgan fingerprint density at radius 2 is 2.38 bits per heavy atom. The van der Waals surface area contributed by atoms with Gasteiger partial charge in [-0.25, -0.2) is 0 Å². The highest BCUT2D eigenvalue weighted by Crippen LogP contribution is 2.11. The lowest BCUT2D eigenvalue weighted by atomic mass is 10.4. The van der Waals surface area contributed by atoms with E-state index in [1.54, 1.807) is 22.9 Å². The van der Waals surface area contributed by atoms with Crippen molar-refractivity contribution in [2.24, 2.45) is 5.73 Å². The van der Waals surface area contributed by atoms with Gasteiger partial charge in [0.15, 0.2) is 0 Å². The summed E-state index contributed by atoms with van der Waals surface area (Å²) in [5.41, 5.74) is 6.03. The molecule has 0 saturated carbocycles. The first-order valence-corrected chi connectivity index (χ1v) is 3.49. The molecular weight excluding hydrogens is 122 g/mol. The normalized spacial score (nSPS) is 26.6. The zero-order chi connectivity index (χ0) is 5.98. The van der Waals surface area contributed by atoms with Crippen LogP contribution in [-0.2, 0) is 0 Å². The number of hydrogen-bond donors (Lipinski definition) is 2. The largest absolute Gasteiger partial charge is 0.399 e. The molecule has 44 valence electrons. The summed E-state index contributed by atoms with van der Waals surface area (Å²) in [6, 6.07) is 0. The highest BCUT2D eigenvalue weighted by Gasteiger charge is 1.87. The van der Waals surface area contributed by atoms with E-state index in [2.05, 4.69) is 0 Å². The van der Waals surface area contributed by atoms with Gasteiger partial charge in [-0.3, -0.25) is 0 Å². The van der Waals surface area contributed by atoms with Crippen molar-refractivity contribution >= 4 is 16.1 Å². The van der Waals surface area contributed by atoms with Gasteiger partial charge in [0.05, 0.1) is 0 Å². The van der Waals surface area contributed by atoms with Crippen molar-refractivity contribution in [3.05, 3.63) is 23.3 Å². The lowest BCUT2D eigenvalue weighted by Gasteiger charge is -1.96. The molecule has 0 spiro atoms. The third-order valence-corrected chi connectivity index (χ3v) is 1.63. The molecule has 0 aromatic carbocycles. The number of allylic oxidation sites excluding steroid dienone is 2. The average molecular weight is 129 g/mol. The molecule has 0 aliphatic carbocycles. The summed E-state index contributed by atoms with van der Waals surface area (Å²) in [6.07, 6.45) is 3.40. The Balaban J connectivity index is 2.86. The molecular formula is C5H7NOS. The van der Waals surface area contributed by atoms with Gasteiger partial charge in [0.2, 0.25) is 0 Å². The maximum atomic E-state index is 8.81. The van der Waals surface area contributed by atoms with E-state index in [1.165, 1.54) is 0 Å². The molecule has 1 rings (SSSR count). The van der Waals surface area contributed by atoms with Gasteiger partial charge in [0, 0.05) is 5.70 Å². The SMILES string of the molecule is NC1=CC=S(O)C=C1. The zero-order valence-electron chi connectivity index (χ0n) is 4.24. The Labute approximate surface area is 50.5 Å². The first-order chi connectivity index (χ1) is 3.79. The van der Waals surface area contributed by atoms with Crippen LogP contribution in [0.4, 0.5) is 0 Å². The van der Waals surface area contributed by atoms with Gasteiger partial charge >= 0.3 is 0 Å². The van der Waals surface area contributed by atoms with Gasteiger partial charge in [-0.1, -0.05) is 0 Å². The maximum absolute atomic E-state index is 8.81. The minimum Gasteiger partial charge on any atom is -0.399 e. The molecule has 1 unspecified atom stereocenters.